The van der Waals surface area contributed by atoms with Crippen molar-refractivity contribution in [2.24, 2.45) is 0 Å². The number of halogens is 3. The summed E-state index contributed by atoms with van der Waals surface area (Å²) in [6.45, 7) is 5.05. The number of alkyl halides is 3. The molecule has 0 spiro atoms. The summed E-state index contributed by atoms with van der Waals surface area (Å²) in [5.41, 5.74) is -3.20. The second-order valence-electron chi connectivity index (χ2n) is 5.32. The van der Waals surface area contributed by atoms with Gasteiger partial charge in [-0.3, -0.25) is 0 Å². The van der Waals surface area contributed by atoms with E-state index in [-0.39, 0.29) is 16.7 Å². The Balaban J connectivity index is 2.29. The van der Waals surface area contributed by atoms with Crippen LogP contribution in [0, 0.1) is 0 Å². The van der Waals surface area contributed by atoms with E-state index in [0.29, 0.717) is 12.6 Å². The molecule has 0 amide bonds. The highest BCUT2D eigenvalue weighted by Gasteiger charge is 2.28. The Labute approximate surface area is 129 Å². The summed E-state index contributed by atoms with van der Waals surface area (Å²) < 4.78 is 36.7. The lowest BCUT2D eigenvalue weighted by molar-refractivity contribution is -0.0328. The third kappa shape index (κ3) is 9.04. The molecule has 0 aromatic heterocycles. The fourth-order valence-electron chi connectivity index (χ4n) is 2.08. The van der Waals surface area contributed by atoms with Crippen molar-refractivity contribution in [3.8, 4) is 0 Å². The molecule has 0 bridgehead atoms. The van der Waals surface area contributed by atoms with E-state index in [2.05, 4.69) is 19.2 Å². The van der Waals surface area contributed by atoms with Gasteiger partial charge in [-0.25, -0.2) is 0 Å². The standard InChI is InChI=1S/C16H24F3NS/c1-3-4-5-6-7-13(2)20-12-14-8-10-15(11-9-14)21-16(17,18)19/h8-11,13,20H,3-7,12H2,1-2H3. The summed E-state index contributed by atoms with van der Waals surface area (Å²) in [6, 6.07) is 7.00. The lowest BCUT2D eigenvalue weighted by Gasteiger charge is -2.14. The number of thioether (sulfide) groups is 1. The van der Waals surface area contributed by atoms with Crippen LogP contribution in [0.15, 0.2) is 29.2 Å². The lowest BCUT2D eigenvalue weighted by Crippen LogP contribution is -2.25. The molecule has 0 aliphatic rings. The number of benzene rings is 1. The topological polar surface area (TPSA) is 12.0 Å². The van der Waals surface area contributed by atoms with E-state index in [1.165, 1.54) is 37.8 Å². The SMILES string of the molecule is CCCCCCC(C)NCc1ccc(SC(F)(F)F)cc1. The molecule has 120 valence electrons. The summed E-state index contributed by atoms with van der Waals surface area (Å²) >= 11 is -0.0709. The van der Waals surface area contributed by atoms with Crippen molar-refractivity contribution in [3.63, 3.8) is 0 Å². The van der Waals surface area contributed by atoms with Gasteiger partial charge in [-0.2, -0.15) is 13.2 Å². The van der Waals surface area contributed by atoms with Gasteiger partial charge >= 0.3 is 5.51 Å². The molecule has 1 nitrogen and oxygen atoms in total. The van der Waals surface area contributed by atoms with Crippen LogP contribution in [0.3, 0.4) is 0 Å². The van der Waals surface area contributed by atoms with Gasteiger partial charge in [0.25, 0.3) is 0 Å². The second-order valence-corrected chi connectivity index (χ2v) is 6.46. The smallest absolute Gasteiger partial charge is 0.310 e. The summed E-state index contributed by atoms with van der Waals surface area (Å²) in [6.07, 6.45) is 6.16. The van der Waals surface area contributed by atoms with Crippen LogP contribution in [0.1, 0.15) is 51.5 Å². The van der Waals surface area contributed by atoms with E-state index in [9.17, 15) is 13.2 Å². The fourth-order valence-corrected chi connectivity index (χ4v) is 2.62. The molecular formula is C16H24F3NS. The van der Waals surface area contributed by atoms with Crippen molar-refractivity contribution >= 4 is 11.8 Å². The molecule has 1 aromatic carbocycles. The van der Waals surface area contributed by atoms with E-state index in [1.807, 2.05) is 0 Å². The van der Waals surface area contributed by atoms with Crippen molar-refractivity contribution in [3.05, 3.63) is 29.8 Å². The molecule has 1 atom stereocenters. The Hall–Kier alpha value is -0.680. The molecule has 5 heteroatoms. The predicted molar refractivity (Wildman–Crippen MR) is 83.4 cm³/mol. The highest BCUT2D eigenvalue weighted by Crippen LogP contribution is 2.36. The minimum Gasteiger partial charge on any atom is -0.310 e. The van der Waals surface area contributed by atoms with Gasteiger partial charge < -0.3 is 5.32 Å². The van der Waals surface area contributed by atoms with Crippen LogP contribution in [0.5, 0.6) is 0 Å². The molecule has 0 radical (unpaired) electrons. The zero-order valence-electron chi connectivity index (χ0n) is 12.7. The first kappa shape index (κ1) is 18.4. The van der Waals surface area contributed by atoms with Crippen molar-refractivity contribution in [1.29, 1.82) is 0 Å². The van der Waals surface area contributed by atoms with Gasteiger partial charge in [0.1, 0.15) is 0 Å². The first-order valence-corrected chi connectivity index (χ1v) is 8.30. The number of hydrogen-bond donors (Lipinski definition) is 1. The number of rotatable bonds is 9. The molecule has 0 fully saturated rings. The maximum atomic E-state index is 12.2. The Bertz CT molecular complexity index is 390. The first-order valence-electron chi connectivity index (χ1n) is 7.49. The summed E-state index contributed by atoms with van der Waals surface area (Å²) in [5, 5.41) is 3.41. The quantitative estimate of drug-likeness (QED) is 0.459. The van der Waals surface area contributed by atoms with Crippen molar-refractivity contribution in [2.75, 3.05) is 0 Å². The highest BCUT2D eigenvalue weighted by atomic mass is 32.2. The van der Waals surface area contributed by atoms with Gasteiger partial charge in [0, 0.05) is 17.5 Å². The lowest BCUT2D eigenvalue weighted by atomic mass is 10.1. The average Bonchev–Trinajstić information content (AvgIpc) is 2.41. The van der Waals surface area contributed by atoms with Gasteiger partial charge in [-0.15, -0.1) is 0 Å². The molecule has 0 heterocycles. The van der Waals surface area contributed by atoms with E-state index in [0.717, 1.165) is 12.0 Å². The van der Waals surface area contributed by atoms with E-state index < -0.39 is 5.51 Å². The van der Waals surface area contributed by atoms with Crippen LogP contribution in [-0.2, 0) is 6.54 Å². The van der Waals surface area contributed by atoms with Gasteiger partial charge in [-0.1, -0.05) is 44.7 Å². The average molecular weight is 319 g/mol. The summed E-state index contributed by atoms with van der Waals surface area (Å²) in [4.78, 5) is 0.235. The molecule has 0 aliphatic heterocycles. The largest absolute Gasteiger partial charge is 0.446 e. The molecule has 1 rings (SSSR count). The number of unbranched alkanes of at least 4 members (excludes halogenated alkanes) is 3. The number of nitrogens with one attached hydrogen (secondary N) is 1. The van der Waals surface area contributed by atoms with Gasteiger partial charge in [0.15, 0.2) is 0 Å². The molecular weight excluding hydrogens is 295 g/mol. The third-order valence-electron chi connectivity index (χ3n) is 3.30. The first-order chi connectivity index (χ1) is 9.90. The van der Waals surface area contributed by atoms with Crippen LogP contribution in [0.25, 0.3) is 0 Å². The number of hydrogen-bond acceptors (Lipinski definition) is 2. The Morgan fingerprint density at radius 3 is 2.33 bits per heavy atom. The molecule has 1 unspecified atom stereocenters. The molecule has 0 saturated heterocycles. The van der Waals surface area contributed by atoms with Gasteiger partial charge in [0.05, 0.1) is 0 Å². The summed E-state index contributed by atoms with van der Waals surface area (Å²) in [5.74, 6) is 0. The van der Waals surface area contributed by atoms with Crippen LogP contribution >= 0.6 is 11.8 Å². The predicted octanol–water partition coefficient (Wildman–Crippen LogP) is 5.75. The molecule has 0 aliphatic carbocycles. The van der Waals surface area contributed by atoms with Crippen molar-refractivity contribution in [2.45, 2.75) is 68.9 Å². The minimum atomic E-state index is -4.22. The molecule has 0 saturated carbocycles. The zero-order chi connectivity index (χ0) is 15.7. The molecule has 1 N–H and O–H groups in total. The monoisotopic (exact) mass is 319 g/mol. The van der Waals surface area contributed by atoms with Gasteiger partial charge in [-0.05, 0) is 42.8 Å². The highest BCUT2D eigenvalue weighted by molar-refractivity contribution is 8.00. The Morgan fingerprint density at radius 1 is 1.10 bits per heavy atom. The van der Waals surface area contributed by atoms with Crippen LogP contribution < -0.4 is 5.32 Å². The van der Waals surface area contributed by atoms with Crippen LogP contribution in [-0.4, -0.2) is 11.6 Å². The van der Waals surface area contributed by atoms with Crippen molar-refractivity contribution in [1.82, 2.24) is 5.32 Å². The minimum absolute atomic E-state index is 0.0709. The zero-order valence-corrected chi connectivity index (χ0v) is 13.5. The molecule has 1 aromatic rings. The fraction of sp³-hybridized carbons (Fsp3) is 0.625. The van der Waals surface area contributed by atoms with E-state index >= 15 is 0 Å². The van der Waals surface area contributed by atoms with Gasteiger partial charge in [0.2, 0.25) is 0 Å². The normalized spacial score (nSPS) is 13.4. The molecule has 21 heavy (non-hydrogen) atoms. The van der Waals surface area contributed by atoms with E-state index in [1.54, 1.807) is 12.1 Å². The Morgan fingerprint density at radius 2 is 1.76 bits per heavy atom. The Kier molecular flexibility index (Phi) is 8.19. The third-order valence-corrected chi connectivity index (χ3v) is 4.04. The summed E-state index contributed by atoms with van der Waals surface area (Å²) in [7, 11) is 0. The van der Waals surface area contributed by atoms with E-state index in [4.69, 9.17) is 0 Å². The van der Waals surface area contributed by atoms with Crippen molar-refractivity contribution < 1.29 is 13.2 Å². The second kappa shape index (κ2) is 9.36. The van der Waals surface area contributed by atoms with Crippen LogP contribution in [0.4, 0.5) is 13.2 Å². The maximum absolute atomic E-state index is 12.2. The van der Waals surface area contributed by atoms with Crippen LogP contribution in [0.2, 0.25) is 0 Å². The maximum Gasteiger partial charge on any atom is 0.446 e.